The molecular weight excluding hydrogens is 799 g/mol. The van der Waals surface area contributed by atoms with E-state index in [0.717, 1.165) is 50.9 Å². The van der Waals surface area contributed by atoms with Gasteiger partial charge in [0.05, 0.1) is 11.0 Å². The molecule has 12 rings (SSSR count). The minimum absolute atomic E-state index is 0.220. The molecule has 11 aromatic rings. The summed E-state index contributed by atoms with van der Waals surface area (Å²) in [7, 11) is 0. The SMILES string of the molecule is C(=Cc1ccc(N(c2ccccc2)c2ccc(-n3c4ccccc4c4ccccc43)cc2)cc1)c1ccc(N(c2ccccc2)c2ccc(C3c4ccccc4-c4ccccc43)cc2)cc1. The van der Waals surface area contributed by atoms with Crippen molar-refractivity contribution in [2.75, 3.05) is 9.80 Å². The van der Waals surface area contributed by atoms with Gasteiger partial charge in [-0.25, -0.2) is 0 Å². The second-order valence-corrected chi connectivity index (χ2v) is 16.9. The largest absolute Gasteiger partial charge is 0.311 e. The second kappa shape index (κ2) is 16.8. The van der Waals surface area contributed by atoms with E-state index in [1.807, 2.05) is 0 Å². The lowest BCUT2D eigenvalue weighted by Crippen LogP contribution is -2.10. The van der Waals surface area contributed by atoms with Crippen LogP contribution in [0.4, 0.5) is 34.1 Å². The average Bonchev–Trinajstić information content (AvgIpc) is 3.91. The molecule has 312 valence electrons. The average molecular weight is 844 g/mol. The molecule has 3 nitrogen and oxygen atoms in total. The van der Waals surface area contributed by atoms with Gasteiger partial charge in [-0.05, 0) is 136 Å². The molecule has 0 bridgehead atoms. The molecule has 66 heavy (non-hydrogen) atoms. The van der Waals surface area contributed by atoms with E-state index in [1.165, 1.54) is 49.6 Å². The van der Waals surface area contributed by atoms with Gasteiger partial charge in [-0.1, -0.05) is 170 Å². The normalized spacial score (nSPS) is 12.1. The first-order valence-corrected chi connectivity index (χ1v) is 22.7. The second-order valence-electron chi connectivity index (χ2n) is 16.9. The van der Waals surface area contributed by atoms with Crippen LogP contribution in [-0.4, -0.2) is 4.57 Å². The van der Waals surface area contributed by atoms with Gasteiger partial charge in [-0.2, -0.15) is 0 Å². The van der Waals surface area contributed by atoms with Crippen LogP contribution in [0.5, 0.6) is 0 Å². The first-order chi connectivity index (χ1) is 32.7. The topological polar surface area (TPSA) is 11.4 Å². The van der Waals surface area contributed by atoms with Crippen molar-refractivity contribution < 1.29 is 0 Å². The minimum Gasteiger partial charge on any atom is -0.311 e. The van der Waals surface area contributed by atoms with Crippen molar-refractivity contribution in [3.8, 4) is 16.8 Å². The number of benzene rings is 10. The van der Waals surface area contributed by atoms with Crippen LogP contribution in [0.2, 0.25) is 0 Å². The van der Waals surface area contributed by atoms with E-state index in [1.54, 1.807) is 0 Å². The van der Waals surface area contributed by atoms with Crippen molar-refractivity contribution in [2.24, 2.45) is 0 Å². The summed E-state index contributed by atoms with van der Waals surface area (Å²) in [5.41, 5.74) is 19.2. The van der Waals surface area contributed by atoms with Crippen molar-refractivity contribution in [1.82, 2.24) is 4.57 Å². The molecule has 0 saturated carbocycles. The summed E-state index contributed by atoms with van der Waals surface area (Å²) in [5.74, 6) is 0.220. The van der Waals surface area contributed by atoms with Gasteiger partial charge in [0, 0.05) is 56.5 Å². The Kier molecular flexibility index (Phi) is 9.92. The lowest BCUT2D eigenvalue weighted by molar-refractivity contribution is 1.01. The van der Waals surface area contributed by atoms with E-state index in [4.69, 9.17) is 0 Å². The summed E-state index contributed by atoms with van der Waals surface area (Å²) in [4.78, 5) is 4.66. The van der Waals surface area contributed by atoms with E-state index in [-0.39, 0.29) is 5.92 Å². The van der Waals surface area contributed by atoms with Gasteiger partial charge in [0.1, 0.15) is 0 Å². The van der Waals surface area contributed by atoms with Gasteiger partial charge in [0.15, 0.2) is 0 Å². The molecular formula is C63H45N3. The molecule has 1 aliphatic carbocycles. The van der Waals surface area contributed by atoms with Crippen LogP contribution in [-0.2, 0) is 0 Å². The Hall–Kier alpha value is -8.66. The quantitative estimate of drug-likeness (QED) is 0.127. The van der Waals surface area contributed by atoms with Crippen LogP contribution in [0.25, 0.3) is 50.8 Å². The highest BCUT2D eigenvalue weighted by atomic mass is 15.1. The number of nitrogens with zero attached hydrogens (tertiary/aromatic N) is 3. The molecule has 0 saturated heterocycles. The van der Waals surface area contributed by atoms with Crippen LogP contribution in [0, 0.1) is 0 Å². The van der Waals surface area contributed by atoms with E-state index >= 15 is 0 Å². The smallest absolute Gasteiger partial charge is 0.0541 e. The molecule has 0 aliphatic heterocycles. The Morgan fingerprint density at radius 2 is 0.652 bits per heavy atom. The molecule has 0 radical (unpaired) electrons. The number of anilines is 6. The van der Waals surface area contributed by atoms with Gasteiger partial charge in [0.25, 0.3) is 0 Å². The maximum atomic E-state index is 2.36. The third-order valence-corrected chi connectivity index (χ3v) is 13.1. The maximum absolute atomic E-state index is 2.36. The zero-order valence-electron chi connectivity index (χ0n) is 36.3. The fraction of sp³-hybridized carbons (Fsp3) is 0.0159. The lowest BCUT2D eigenvalue weighted by Gasteiger charge is -2.26. The summed E-state index contributed by atoms with van der Waals surface area (Å²) in [6, 6.07) is 92.0. The van der Waals surface area contributed by atoms with Gasteiger partial charge >= 0.3 is 0 Å². The number of aromatic nitrogens is 1. The standard InChI is InChI=1S/C63H45N3/c1-3-15-48(16-4-1)64(52-39-33-47(34-40-52)63-59-23-9-7-19-55(59)56-20-8-10-24-60(56)63)50-35-29-45(30-36-50)27-28-46-31-37-51(38-32-46)65(49-17-5-2-6-18-49)53-41-43-54(44-42-53)66-61-25-13-11-21-57(61)58-22-12-14-26-62(58)66/h1-44,63H. The van der Waals surface area contributed by atoms with Crippen LogP contribution >= 0.6 is 0 Å². The Bertz CT molecular complexity index is 3400. The number of para-hydroxylation sites is 4. The van der Waals surface area contributed by atoms with Gasteiger partial charge in [0.2, 0.25) is 0 Å². The summed E-state index contributed by atoms with van der Waals surface area (Å²) < 4.78 is 2.36. The Morgan fingerprint density at radius 1 is 0.303 bits per heavy atom. The molecule has 0 spiro atoms. The molecule has 0 fully saturated rings. The summed E-state index contributed by atoms with van der Waals surface area (Å²) in [6.45, 7) is 0. The number of rotatable bonds is 10. The van der Waals surface area contributed by atoms with Crippen molar-refractivity contribution in [2.45, 2.75) is 5.92 Å². The van der Waals surface area contributed by atoms with Crippen LogP contribution in [0.15, 0.2) is 255 Å². The molecule has 1 aromatic heterocycles. The van der Waals surface area contributed by atoms with Crippen molar-refractivity contribution in [1.29, 1.82) is 0 Å². The summed E-state index contributed by atoms with van der Waals surface area (Å²) in [6.07, 6.45) is 4.39. The Labute approximate surface area is 386 Å². The fourth-order valence-corrected chi connectivity index (χ4v) is 9.99. The predicted octanol–water partition coefficient (Wildman–Crippen LogP) is 17.1. The number of hydrogen-bond donors (Lipinski definition) is 0. The van der Waals surface area contributed by atoms with Crippen molar-refractivity contribution >= 4 is 68.1 Å². The Balaban J connectivity index is 0.797. The molecule has 1 aliphatic rings. The first kappa shape index (κ1) is 39.0. The van der Waals surface area contributed by atoms with E-state index in [0.29, 0.717) is 0 Å². The minimum atomic E-state index is 0.220. The zero-order chi connectivity index (χ0) is 43.8. The lowest BCUT2D eigenvalue weighted by atomic mass is 9.89. The molecule has 1 heterocycles. The van der Waals surface area contributed by atoms with Crippen molar-refractivity contribution in [3.05, 3.63) is 283 Å². The van der Waals surface area contributed by atoms with E-state index < -0.39 is 0 Å². The van der Waals surface area contributed by atoms with Crippen LogP contribution in [0.3, 0.4) is 0 Å². The highest BCUT2D eigenvalue weighted by Crippen LogP contribution is 2.48. The van der Waals surface area contributed by atoms with E-state index in [9.17, 15) is 0 Å². The number of fused-ring (bicyclic) bond motifs is 6. The molecule has 0 unspecified atom stereocenters. The van der Waals surface area contributed by atoms with E-state index in [2.05, 4.69) is 281 Å². The monoisotopic (exact) mass is 843 g/mol. The Morgan fingerprint density at radius 3 is 1.11 bits per heavy atom. The van der Waals surface area contributed by atoms with Crippen LogP contribution in [0.1, 0.15) is 33.7 Å². The zero-order valence-corrected chi connectivity index (χ0v) is 36.3. The third-order valence-electron chi connectivity index (χ3n) is 13.1. The summed E-state index contributed by atoms with van der Waals surface area (Å²) in [5, 5.41) is 2.53. The van der Waals surface area contributed by atoms with Gasteiger partial charge < -0.3 is 14.4 Å². The fourth-order valence-electron chi connectivity index (χ4n) is 9.99. The highest BCUT2D eigenvalue weighted by Gasteiger charge is 2.29. The molecule has 10 aromatic carbocycles. The molecule has 3 heteroatoms. The molecule has 0 amide bonds. The first-order valence-electron chi connectivity index (χ1n) is 22.7. The highest BCUT2D eigenvalue weighted by molar-refractivity contribution is 6.09. The van der Waals surface area contributed by atoms with Gasteiger partial charge in [-0.15, -0.1) is 0 Å². The van der Waals surface area contributed by atoms with Crippen LogP contribution < -0.4 is 9.80 Å². The van der Waals surface area contributed by atoms with Gasteiger partial charge in [-0.3, -0.25) is 0 Å². The predicted molar refractivity (Wildman–Crippen MR) is 278 cm³/mol. The maximum Gasteiger partial charge on any atom is 0.0541 e. The third kappa shape index (κ3) is 7.04. The number of hydrogen-bond acceptors (Lipinski definition) is 2. The summed E-state index contributed by atoms with van der Waals surface area (Å²) >= 11 is 0. The van der Waals surface area contributed by atoms with Crippen molar-refractivity contribution in [3.63, 3.8) is 0 Å². The molecule has 0 atom stereocenters. The molecule has 0 N–H and O–H groups in total.